The van der Waals surface area contributed by atoms with Gasteiger partial charge < -0.3 is 14.8 Å². The average molecular weight is 388 g/mol. The number of hydrogen-bond acceptors (Lipinski definition) is 4. The first kappa shape index (κ1) is 15.6. The zero-order valence-corrected chi connectivity index (χ0v) is 14.7. The number of aromatic amines is 1. The second-order valence-electron chi connectivity index (χ2n) is 5.98. The maximum absolute atomic E-state index is 10.3. The lowest BCUT2D eigenvalue weighted by molar-refractivity contribution is 0.0341. The van der Waals surface area contributed by atoms with E-state index in [1.807, 2.05) is 30.5 Å². The zero-order valence-electron chi connectivity index (χ0n) is 13.1. The van der Waals surface area contributed by atoms with Crippen LogP contribution in [0.1, 0.15) is 5.56 Å². The molecule has 3 aromatic rings. The number of ether oxygens (including phenoxy) is 1. The predicted octanol–water partition coefficient (Wildman–Crippen LogP) is 3.53. The Morgan fingerprint density at radius 1 is 1.21 bits per heavy atom. The van der Waals surface area contributed by atoms with E-state index >= 15 is 0 Å². The molecule has 1 saturated heterocycles. The van der Waals surface area contributed by atoms with Gasteiger partial charge in [0.05, 0.1) is 24.5 Å². The van der Waals surface area contributed by atoms with Crippen LogP contribution in [-0.2, 0) is 11.3 Å². The van der Waals surface area contributed by atoms with Crippen LogP contribution in [0.2, 0.25) is 0 Å². The summed E-state index contributed by atoms with van der Waals surface area (Å²) in [5.41, 5.74) is 3.57. The largest absolute Gasteiger partial charge is 0.494 e. The number of hydrogen-bond donors (Lipinski definition) is 2. The van der Waals surface area contributed by atoms with Crippen LogP contribution in [0.3, 0.4) is 0 Å². The Morgan fingerprint density at radius 2 is 2.04 bits per heavy atom. The Kier molecular flexibility index (Phi) is 4.26. The molecule has 0 amide bonds. The average Bonchev–Trinajstić information content (AvgIpc) is 2.92. The van der Waals surface area contributed by atoms with Crippen molar-refractivity contribution in [2.45, 2.75) is 6.54 Å². The first-order valence-electron chi connectivity index (χ1n) is 7.96. The number of rotatable bonds is 3. The van der Waals surface area contributed by atoms with Crippen molar-refractivity contribution in [1.29, 1.82) is 0 Å². The van der Waals surface area contributed by atoms with Crippen molar-refractivity contribution in [1.82, 2.24) is 14.9 Å². The molecule has 0 bridgehead atoms. The molecule has 0 radical (unpaired) electrons. The molecule has 1 fully saturated rings. The molecule has 2 N–H and O–H groups in total. The monoisotopic (exact) mass is 387 g/mol. The lowest BCUT2D eigenvalue weighted by Crippen LogP contribution is -2.35. The van der Waals surface area contributed by atoms with Crippen molar-refractivity contribution in [3.8, 4) is 17.1 Å². The predicted molar refractivity (Wildman–Crippen MR) is 97.0 cm³/mol. The lowest BCUT2D eigenvalue weighted by Gasteiger charge is -2.26. The summed E-state index contributed by atoms with van der Waals surface area (Å²) in [5.74, 6) is 0.150. The van der Waals surface area contributed by atoms with Gasteiger partial charge in [-0.3, -0.25) is 9.88 Å². The van der Waals surface area contributed by atoms with E-state index in [4.69, 9.17) is 4.74 Å². The van der Waals surface area contributed by atoms with E-state index in [0.717, 1.165) is 59.5 Å². The fourth-order valence-corrected chi connectivity index (χ4v) is 3.45. The van der Waals surface area contributed by atoms with Crippen LogP contribution in [0.15, 0.2) is 41.0 Å². The maximum atomic E-state index is 10.3. The number of H-pyrrole nitrogens is 1. The molecule has 5 nitrogen and oxygen atoms in total. The molecule has 0 atom stereocenters. The summed E-state index contributed by atoms with van der Waals surface area (Å²) in [6, 6.07) is 9.92. The van der Waals surface area contributed by atoms with Gasteiger partial charge in [0.1, 0.15) is 0 Å². The number of nitrogens with one attached hydrogen (secondary N) is 1. The van der Waals surface area contributed by atoms with Gasteiger partial charge in [-0.1, -0.05) is 22.0 Å². The minimum Gasteiger partial charge on any atom is -0.494 e. The van der Waals surface area contributed by atoms with Crippen LogP contribution < -0.4 is 0 Å². The van der Waals surface area contributed by atoms with Crippen LogP contribution in [0.5, 0.6) is 5.88 Å². The highest BCUT2D eigenvalue weighted by atomic mass is 79.9. The number of aromatic nitrogens is 2. The Morgan fingerprint density at radius 3 is 2.79 bits per heavy atom. The highest BCUT2D eigenvalue weighted by Gasteiger charge is 2.15. The van der Waals surface area contributed by atoms with Gasteiger partial charge in [-0.15, -0.1) is 0 Å². The third kappa shape index (κ3) is 3.05. The summed E-state index contributed by atoms with van der Waals surface area (Å²) >= 11 is 3.48. The van der Waals surface area contributed by atoms with E-state index in [2.05, 4.69) is 36.9 Å². The number of morpholine rings is 1. The lowest BCUT2D eigenvalue weighted by atomic mass is 10.1. The SMILES string of the molecule is Oc1[nH]c2ccc(Br)cc2c1-c1ccc(CN2CCOCC2)cn1. The van der Waals surface area contributed by atoms with Gasteiger partial charge in [0, 0.05) is 41.2 Å². The molecule has 0 aliphatic carbocycles. The number of benzene rings is 1. The number of fused-ring (bicyclic) bond motifs is 1. The molecular weight excluding hydrogens is 370 g/mol. The Bertz CT molecular complexity index is 855. The van der Waals surface area contributed by atoms with E-state index in [0.29, 0.717) is 0 Å². The molecule has 0 saturated carbocycles. The standard InChI is InChI=1S/C18H18BrN3O2/c19-13-2-4-15-14(9-13)17(18(23)21-15)16-3-1-12(10-20-16)11-22-5-7-24-8-6-22/h1-4,9-10,21,23H,5-8,11H2. The van der Waals surface area contributed by atoms with Gasteiger partial charge in [0.25, 0.3) is 0 Å². The minimum atomic E-state index is 0.150. The summed E-state index contributed by atoms with van der Waals surface area (Å²) in [5, 5.41) is 11.2. The van der Waals surface area contributed by atoms with Gasteiger partial charge in [-0.2, -0.15) is 0 Å². The molecule has 1 aliphatic rings. The van der Waals surface area contributed by atoms with E-state index in [1.54, 1.807) is 0 Å². The third-order valence-electron chi connectivity index (χ3n) is 4.33. The molecule has 124 valence electrons. The number of aromatic hydroxyl groups is 1. The second kappa shape index (κ2) is 6.55. The number of halogens is 1. The first-order valence-corrected chi connectivity index (χ1v) is 8.75. The Hall–Kier alpha value is -1.89. The van der Waals surface area contributed by atoms with E-state index in [-0.39, 0.29) is 5.88 Å². The van der Waals surface area contributed by atoms with Crippen LogP contribution in [0, 0.1) is 0 Å². The fraction of sp³-hybridized carbons (Fsp3) is 0.278. The normalized spacial score (nSPS) is 15.9. The Balaban J connectivity index is 1.63. The van der Waals surface area contributed by atoms with Crippen molar-refractivity contribution >= 4 is 26.8 Å². The van der Waals surface area contributed by atoms with Crippen molar-refractivity contribution in [2.24, 2.45) is 0 Å². The van der Waals surface area contributed by atoms with E-state index in [9.17, 15) is 5.11 Å². The van der Waals surface area contributed by atoms with Crippen LogP contribution in [0.25, 0.3) is 22.2 Å². The zero-order chi connectivity index (χ0) is 16.5. The molecule has 6 heteroatoms. The highest BCUT2D eigenvalue weighted by molar-refractivity contribution is 9.10. The summed E-state index contributed by atoms with van der Waals surface area (Å²) in [7, 11) is 0. The molecular formula is C18H18BrN3O2. The van der Waals surface area contributed by atoms with E-state index < -0.39 is 0 Å². The topological polar surface area (TPSA) is 61.4 Å². The van der Waals surface area contributed by atoms with Gasteiger partial charge in [0.15, 0.2) is 5.88 Å². The van der Waals surface area contributed by atoms with Crippen molar-refractivity contribution < 1.29 is 9.84 Å². The van der Waals surface area contributed by atoms with E-state index in [1.165, 1.54) is 5.56 Å². The van der Waals surface area contributed by atoms with Crippen molar-refractivity contribution in [3.63, 3.8) is 0 Å². The van der Waals surface area contributed by atoms with Gasteiger partial charge in [-0.25, -0.2) is 0 Å². The van der Waals surface area contributed by atoms with Gasteiger partial charge in [0.2, 0.25) is 0 Å². The molecule has 0 spiro atoms. The second-order valence-corrected chi connectivity index (χ2v) is 6.89. The summed E-state index contributed by atoms with van der Waals surface area (Å²) in [6.07, 6.45) is 1.89. The van der Waals surface area contributed by atoms with Crippen LogP contribution in [0.4, 0.5) is 0 Å². The molecule has 1 aromatic carbocycles. The summed E-state index contributed by atoms with van der Waals surface area (Å²) in [4.78, 5) is 9.94. The van der Waals surface area contributed by atoms with Crippen molar-refractivity contribution in [2.75, 3.05) is 26.3 Å². The molecule has 2 aromatic heterocycles. The molecule has 24 heavy (non-hydrogen) atoms. The first-order chi connectivity index (χ1) is 11.7. The molecule has 1 aliphatic heterocycles. The van der Waals surface area contributed by atoms with Crippen molar-refractivity contribution in [3.05, 3.63) is 46.6 Å². The number of nitrogens with zero attached hydrogens (tertiary/aromatic N) is 2. The molecule has 4 rings (SSSR count). The van der Waals surface area contributed by atoms with Crippen LogP contribution in [-0.4, -0.2) is 46.3 Å². The summed E-state index contributed by atoms with van der Waals surface area (Å²) in [6.45, 7) is 4.38. The van der Waals surface area contributed by atoms with Crippen LogP contribution >= 0.6 is 15.9 Å². The third-order valence-corrected chi connectivity index (χ3v) is 4.82. The Labute approximate surface area is 148 Å². The maximum Gasteiger partial charge on any atom is 0.199 e. The van der Waals surface area contributed by atoms with Gasteiger partial charge >= 0.3 is 0 Å². The smallest absolute Gasteiger partial charge is 0.199 e. The minimum absolute atomic E-state index is 0.150. The quantitative estimate of drug-likeness (QED) is 0.721. The molecule has 0 unspecified atom stereocenters. The summed E-state index contributed by atoms with van der Waals surface area (Å²) < 4.78 is 6.35. The fourth-order valence-electron chi connectivity index (χ4n) is 3.09. The highest BCUT2D eigenvalue weighted by Crippen LogP contribution is 2.36. The van der Waals surface area contributed by atoms with Gasteiger partial charge in [-0.05, 0) is 29.8 Å². The molecule has 3 heterocycles. The number of pyridine rings is 1.